The molecule has 0 radical (unpaired) electrons. The number of fused-ring (bicyclic) bond motifs is 3. The number of hydrogen-bond donors (Lipinski definition) is 2. The van der Waals surface area contributed by atoms with Gasteiger partial charge in [0, 0.05) is 29.6 Å². The van der Waals surface area contributed by atoms with E-state index in [0.717, 1.165) is 18.5 Å². The van der Waals surface area contributed by atoms with Crippen molar-refractivity contribution in [3.05, 3.63) is 35.5 Å². The van der Waals surface area contributed by atoms with Crippen molar-refractivity contribution in [2.75, 3.05) is 6.54 Å². The van der Waals surface area contributed by atoms with Gasteiger partial charge in [0.05, 0.1) is 0 Å². The zero-order valence-corrected chi connectivity index (χ0v) is 11.0. The number of aliphatic carboxylic acids is 1. The maximum absolute atomic E-state index is 11.5. The Bertz CT molecular complexity index is 618. The van der Waals surface area contributed by atoms with E-state index in [1.54, 1.807) is 0 Å². The van der Waals surface area contributed by atoms with Gasteiger partial charge in [-0.2, -0.15) is 0 Å². The maximum Gasteiger partial charge on any atom is 0.321 e. The van der Waals surface area contributed by atoms with Crippen molar-refractivity contribution in [2.45, 2.75) is 32.4 Å². The summed E-state index contributed by atoms with van der Waals surface area (Å²) in [6.45, 7) is 3.61. The van der Waals surface area contributed by atoms with Gasteiger partial charge >= 0.3 is 5.97 Å². The summed E-state index contributed by atoms with van der Waals surface area (Å²) in [4.78, 5) is 16.9. The molecule has 2 heterocycles. The van der Waals surface area contributed by atoms with Gasteiger partial charge in [0.25, 0.3) is 0 Å². The van der Waals surface area contributed by atoms with Gasteiger partial charge in [-0.1, -0.05) is 25.1 Å². The predicted octanol–water partition coefficient (Wildman–Crippen LogP) is 2.39. The number of aromatic amines is 1. The molecule has 2 aromatic rings. The molecule has 1 aromatic carbocycles. The number of carboxylic acids is 1. The number of rotatable bonds is 3. The molecule has 2 N–H and O–H groups in total. The number of nitrogens with one attached hydrogen (secondary N) is 1. The number of carbonyl (C=O) groups is 1. The summed E-state index contributed by atoms with van der Waals surface area (Å²) in [7, 11) is 0. The van der Waals surface area contributed by atoms with E-state index in [2.05, 4.69) is 22.9 Å². The van der Waals surface area contributed by atoms with Crippen LogP contribution in [-0.4, -0.2) is 33.5 Å². The highest BCUT2D eigenvalue weighted by atomic mass is 16.4. The SMILES string of the molecule is CCCN1Cc2[nH]c3ccccc3c2CC1C(=O)O. The highest BCUT2D eigenvalue weighted by Gasteiger charge is 2.32. The molecule has 0 spiro atoms. The summed E-state index contributed by atoms with van der Waals surface area (Å²) >= 11 is 0. The smallest absolute Gasteiger partial charge is 0.321 e. The van der Waals surface area contributed by atoms with Crippen molar-refractivity contribution >= 4 is 16.9 Å². The maximum atomic E-state index is 11.5. The van der Waals surface area contributed by atoms with Gasteiger partial charge in [0.2, 0.25) is 0 Å². The number of nitrogens with zero attached hydrogens (tertiary/aromatic N) is 1. The van der Waals surface area contributed by atoms with E-state index in [-0.39, 0.29) is 0 Å². The first kappa shape index (κ1) is 12.2. The van der Waals surface area contributed by atoms with Gasteiger partial charge < -0.3 is 10.1 Å². The molecule has 0 saturated carbocycles. The fourth-order valence-electron chi connectivity index (χ4n) is 3.03. The summed E-state index contributed by atoms with van der Waals surface area (Å²) in [6, 6.07) is 7.73. The Hall–Kier alpha value is -1.81. The second kappa shape index (κ2) is 4.70. The van der Waals surface area contributed by atoms with Crippen molar-refractivity contribution in [2.24, 2.45) is 0 Å². The van der Waals surface area contributed by atoms with Gasteiger partial charge in [0.1, 0.15) is 6.04 Å². The quantitative estimate of drug-likeness (QED) is 0.888. The molecule has 19 heavy (non-hydrogen) atoms. The average molecular weight is 258 g/mol. The lowest BCUT2D eigenvalue weighted by Crippen LogP contribution is -2.45. The Labute approximate surface area is 112 Å². The third-order valence-electron chi connectivity index (χ3n) is 3.90. The molecule has 0 saturated heterocycles. The molecule has 0 bridgehead atoms. The van der Waals surface area contributed by atoms with Crippen LogP contribution < -0.4 is 0 Å². The number of hydrogen-bond acceptors (Lipinski definition) is 2. The molecule has 1 aromatic heterocycles. The molecule has 1 atom stereocenters. The lowest BCUT2D eigenvalue weighted by molar-refractivity contribution is -0.143. The largest absolute Gasteiger partial charge is 0.480 e. The van der Waals surface area contributed by atoms with E-state index in [4.69, 9.17) is 0 Å². The molecule has 4 heteroatoms. The van der Waals surface area contributed by atoms with Crippen LogP contribution in [0.3, 0.4) is 0 Å². The molecule has 0 amide bonds. The normalized spacial score (nSPS) is 19.5. The molecule has 4 nitrogen and oxygen atoms in total. The Kier molecular flexibility index (Phi) is 3.03. The zero-order valence-electron chi connectivity index (χ0n) is 11.0. The van der Waals surface area contributed by atoms with Crippen molar-refractivity contribution in [1.82, 2.24) is 9.88 Å². The van der Waals surface area contributed by atoms with Crippen LogP contribution in [-0.2, 0) is 17.8 Å². The van der Waals surface area contributed by atoms with E-state index >= 15 is 0 Å². The van der Waals surface area contributed by atoms with E-state index in [1.165, 1.54) is 16.6 Å². The Morgan fingerprint density at radius 3 is 3.00 bits per heavy atom. The van der Waals surface area contributed by atoms with Crippen molar-refractivity contribution in [3.63, 3.8) is 0 Å². The summed E-state index contributed by atoms with van der Waals surface area (Å²) < 4.78 is 0. The number of H-pyrrole nitrogens is 1. The van der Waals surface area contributed by atoms with E-state index in [9.17, 15) is 9.90 Å². The van der Waals surface area contributed by atoms with Crippen LogP contribution in [0.1, 0.15) is 24.6 Å². The number of para-hydroxylation sites is 1. The second-order valence-corrected chi connectivity index (χ2v) is 5.16. The Balaban J connectivity index is 2.04. The first-order valence-corrected chi connectivity index (χ1v) is 6.76. The first-order valence-electron chi connectivity index (χ1n) is 6.76. The monoisotopic (exact) mass is 258 g/mol. The molecular weight excluding hydrogens is 240 g/mol. The molecular formula is C15H18N2O2. The standard InChI is InChI=1S/C15H18N2O2/c1-2-7-17-9-13-11(8-14(17)15(18)19)10-5-3-4-6-12(10)16-13/h3-6,14,16H,2,7-9H2,1H3,(H,18,19). The summed E-state index contributed by atoms with van der Waals surface area (Å²) in [5, 5.41) is 10.6. The molecule has 3 rings (SSSR count). The highest BCUT2D eigenvalue weighted by Crippen LogP contribution is 2.30. The average Bonchev–Trinajstić information content (AvgIpc) is 2.75. The summed E-state index contributed by atoms with van der Waals surface area (Å²) in [5.41, 5.74) is 3.46. The van der Waals surface area contributed by atoms with E-state index < -0.39 is 12.0 Å². The van der Waals surface area contributed by atoms with Crippen LogP contribution in [0.4, 0.5) is 0 Å². The predicted molar refractivity (Wildman–Crippen MR) is 74.1 cm³/mol. The molecule has 100 valence electrons. The van der Waals surface area contributed by atoms with E-state index in [1.807, 2.05) is 18.2 Å². The molecule has 1 unspecified atom stereocenters. The van der Waals surface area contributed by atoms with E-state index in [0.29, 0.717) is 13.0 Å². The lowest BCUT2D eigenvalue weighted by atomic mass is 9.96. The zero-order chi connectivity index (χ0) is 13.4. The highest BCUT2D eigenvalue weighted by molar-refractivity contribution is 5.86. The van der Waals surface area contributed by atoms with Crippen molar-refractivity contribution in [3.8, 4) is 0 Å². The van der Waals surface area contributed by atoms with Crippen LogP contribution in [0.2, 0.25) is 0 Å². The van der Waals surface area contributed by atoms with Gasteiger partial charge in [-0.05, 0) is 24.6 Å². The fraction of sp³-hybridized carbons (Fsp3) is 0.400. The van der Waals surface area contributed by atoms with Gasteiger partial charge in [-0.15, -0.1) is 0 Å². The Morgan fingerprint density at radius 1 is 1.47 bits per heavy atom. The molecule has 1 aliphatic heterocycles. The Morgan fingerprint density at radius 2 is 2.26 bits per heavy atom. The number of carboxylic acid groups (broad SMARTS) is 1. The minimum absolute atomic E-state index is 0.397. The van der Waals surface area contributed by atoms with Crippen LogP contribution in [0, 0.1) is 0 Å². The molecule has 0 aliphatic carbocycles. The second-order valence-electron chi connectivity index (χ2n) is 5.16. The van der Waals surface area contributed by atoms with Crippen LogP contribution in [0.15, 0.2) is 24.3 Å². The van der Waals surface area contributed by atoms with Crippen molar-refractivity contribution < 1.29 is 9.90 Å². The molecule has 0 fully saturated rings. The van der Waals surface area contributed by atoms with Gasteiger partial charge in [-0.3, -0.25) is 9.69 Å². The fourth-order valence-corrected chi connectivity index (χ4v) is 3.03. The minimum atomic E-state index is -0.718. The van der Waals surface area contributed by atoms with Crippen LogP contribution >= 0.6 is 0 Å². The number of aromatic nitrogens is 1. The first-order chi connectivity index (χ1) is 9.20. The molecule has 1 aliphatic rings. The summed E-state index contributed by atoms with van der Waals surface area (Å²) in [5.74, 6) is -0.718. The number of benzene rings is 1. The lowest BCUT2D eigenvalue weighted by Gasteiger charge is -2.32. The topological polar surface area (TPSA) is 56.3 Å². The summed E-state index contributed by atoms with van der Waals surface area (Å²) in [6.07, 6.45) is 1.56. The van der Waals surface area contributed by atoms with Crippen LogP contribution in [0.25, 0.3) is 10.9 Å². The van der Waals surface area contributed by atoms with Crippen LogP contribution in [0.5, 0.6) is 0 Å². The van der Waals surface area contributed by atoms with Gasteiger partial charge in [-0.25, -0.2) is 0 Å². The van der Waals surface area contributed by atoms with Crippen molar-refractivity contribution in [1.29, 1.82) is 0 Å². The third kappa shape index (κ3) is 2.02. The van der Waals surface area contributed by atoms with Gasteiger partial charge in [0.15, 0.2) is 0 Å². The third-order valence-corrected chi connectivity index (χ3v) is 3.90. The minimum Gasteiger partial charge on any atom is -0.480 e.